The van der Waals surface area contributed by atoms with Gasteiger partial charge in [0, 0.05) is 24.3 Å². The van der Waals surface area contributed by atoms with Gasteiger partial charge in [0.25, 0.3) is 5.91 Å². The predicted octanol–water partition coefficient (Wildman–Crippen LogP) is 4.66. The predicted molar refractivity (Wildman–Crippen MR) is 117 cm³/mol. The summed E-state index contributed by atoms with van der Waals surface area (Å²) in [7, 11) is 0. The highest BCUT2D eigenvalue weighted by molar-refractivity contribution is 6.03. The lowest BCUT2D eigenvalue weighted by molar-refractivity contribution is -0.124. The van der Waals surface area contributed by atoms with Crippen LogP contribution in [-0.4, -0.2) is 35.8 Å². The highest BCUT2D eigenvalue weighted by atomic mass is 16.5. The van der Waals surface area contributed by atoms with Gasteiger partial charge in [-0.25, -0.2) is 0 Å². The summed E-state index contributed by atoms with van der Waals surface area (Å²) >= 11 is 0. The summed E-state index contributed by atoms with van der Waals surface area (Å²) in [5.41, 5.74) is 2.36. The van der Waals surface area contributed by atoms with Gasteiger partial charge in [0.15, 0.2) is 0 Å². The largest absolute Gasteiger partial charge is 0.457 e. The fourth-order valence-corrected chi connectivity index (χ4v) is 3.69. The van der Waals surface area contributed by atoms with Crippen molar-refractivity contribution in [2.45, 2.75) is 19.9 Å². The number of carbonyl (C=O) groups is 2. The van der Waals surface area contributed by atoms with Crippen LogP contribution in [0.25, 0.3) is 0 Å². The SMILES string of the molecule is Cc1ccccc1C(=O)N1CCN(c2ccc(Oc3ccccc3)cc2)C(=O)[C@H]1C. The summed E-state index contributed by atoms with van der Waals surface area (Å²) in [4.78, 5) is 29.4. The first-order valence-electron chi connectivity index (χ1n) is 10.1. The average molecular weight is 400 g/mol. The van der Waals surface area contributed by atoms with Gasteiger partial charge in [-0.15, -0.1) is 0 Å². The second-order valence-corrected chi connectivity index (χ2v) is 7.39. The lowest BCUT2D eigenvalue weighted by atomic mass is 10.0. The number of rotatable bonds is 4. The minimum Gasteiger partial charge on any atom is -0.457 e. The number of carbonyl (C=O) groups excluding carboxylic acids is 2. The third-order valence-electron chi connectivity index (χ3n) is 5.42. The summed E-state index contributed by atoms with van der Waals surface area (Å²) in [6, 6.07) is 24.0. The fourth-order valence-electron chi connectivity index (χ4n) is 3.69. The van der Waals surface area contributed by atoms with Crippen LogP contribution in [0.5, 0.6) is 11.5 Å². The Labute approximate surface area is 176 Å². The maximum absolute atomic E-state index is 13.0. The maximum Gasteiger partial charge on any atom is 0.254 e. The van der Waals surface area contributed by atoms with E-state index in [-0.39, 0.29) is 11.8 Å². The van der Waals surface area contributed by atoms with E-state index >= 15 is 0 Å². The van der Waals surface area contributed by atoms with Gasteiger partial charge in [-0.3, -0.25) is 9.59 Å². The van der Waals surface area contributed by atoms with Gasteiger partial charge in [0.2, 0.25) is 5.91 Å². The van der Waals surface area contributed by atoms with Crippen molar-refractivity contribution in [2.75, 3.05) is 18.0 Å². The second-order valence-electron chi connectivity index (χ2n) is 7.39. The Balaban J connectivity index is 1.46. The number of hydrogen-bond donors (Lipinski definition) is 0. The summed E-state index contributed by atoms with van der Waals surface area (Å²) in [5, 5.41) is 0. The van der Waals surface area contributed by atoms with Crippen molar-refractivity contribution in [3.05, 3.63) is 90.0 Å². The van der Waals surface area contributed by atoms with E-state index in [1.807, 2.05) is 85.8 Å². The van der Waals surface area contributed by atoms with Crippen LogP contribution >= 0.6 is 0 Å². The highest BCUT2D eigenvalue weighted by Gasteiger charge is 2.35. The Morgan fingerprint density at radius 1 is 0.867 bits per heavy atom. The van der Waals surface area contributed by atoms with Crippen LogP contribution in [-0.2, 0) is 4.79 Å². The topological polar surface area (TPSA) is 49.9 Å². The molecule has 1 heterocycles. The van der Waals surface area contributed by atoms with Gasteiger partial charge in [-0.1, -0.05) is 36.4 Å². The standard InChI is InChI=1S/C25H24N2O3/c1-18-8-6-7-11-23(18)25(29)26-16-17-27(24(28)19(26)2)20-12-14-22(15-13-20)30-21-9-4-3-5-10-21/h3-15,19H,16-17H2,1-2H3/t19-/m1/s1. The Morgan fingerprint density at radius 3 is 2.20 bits per heavy atom. The number of piperazine rings is 1. The van der Waals surface area contributed by atoms with Crippen molar-refractivity contribution in [2.24, 2.45) is 0 Å². The number of anilines is 1. The molecule has 2 amide bonds. The number of hydrogen-bond acceptors (Lipinski definition) is 3. The molecule has 1 saturated heterocycles. The van der Waals surface area contributed by atoms with Crippen LogP contribution in [0.15, 0.2) is 78.9 Å². The first-order valence-corrected chi connectivity index (χ1v) is 10.1. The molecule has 0 spiro atoms. The molecule has 1 aliphatic rings. The van der Waals surface area contributed by atoms with Crippen molar-refractivity contribution < 1.29 is 14.3 Å². The zero-order valence-corrected chi connectivity index (χ0v) is 17.1. The van der Waals surface area contributed by atoms with Gasteiger partial charge < -0.3 is 14.5 Å². The fraction of sp³-hybridized carbons (Fsp3) is 0.200. The molecule has 0 saturated carbocycles. The molecule has 0 N–H and O–H groups in total. The third kappa shape index (κ3) is 3.92. The Kier molecular flexibility index (Phi) is 5.53. The molecule has 30 heavy (non-hydrogen) atoms. The van der Waals surface area contributed by atoms with Gasteiger partial charge in [0.1, 0.15) is 17.5 Å². The number of amides is 2. The van der Waals surface area contributed by atoms with E-state index in [0.29, 0.717) is 24.4 Å². The van der Waals surface area contributed by atoms with Crippen LogP contribution in [0.1, 0.15) is 22.8 Å². The zero-order chi connectivity index (χ0) is 21.1. The molecule has 5 nitrogen and oxygen atoms in total. The molecule has 3 aromatic carbocycles. The normalized spacial score (nSPS) is 16.5. The van der Waals surface area contributed by atoms with E-state index in [2.05, 4.69) is 0 Å². The molecule has 1 atom stereocenters. The summed E-state index contributed by atoms with van der Waals surface area (Å²) < 4.78 is 5.82. The molecule has 152 valence electrons. The van der Waals surface area contributed by atoms with E-state index in [4.69, 9.17) is 4.74 Å². The number of ether oxygens (including phenoxy) is 1. The molecule has 0 bridgehead atoms. The van der Waals surface area contributed by atoms with Gasteiger partial charge in [-0.05, 0) is 61.9 Å². The molecule has 0 aromatic heterocycles. The molecule has 0 radical (unpaired) electrons. The van der Waals surface area contributed by atoms with Crippen LogP contribution in [0.2, 0.25) is 0 Å². The lowest BCUT2D eigenvalue weighted by Crippen LogP contribution is -2.57. The van der Waals surface area contributed by atoms with Gasteiger partial charge >= 0.3 is 0 Å². The van der Waals surface area contributed by atoms with Crippen molar-refractivity contribution in [3.63, 3.8) is 0 Å². The van der Waals surface area contributed by atoms with Crippen molar-refractivity contribution in [1.82, 2.24) is 4.90 Å². The quantitative estimate of drug-likeness (QED) is 0.640. The number of para-hydroxylation sites is 1. The molecular formula is C25H24N2O3. The Bertz CT molecular complexity index is 1050. The number of aryl methyl sites for hydroxylation is 1. The van der Waals surface area contributed by atoms with Gasteiger partial charge in [-0.2, -0.15) is 0 Å². The van der Waals surface area contributed by atoms with Crippen LogP contribution in [0, 0.1) is 6.92 Å². The van der Waals surface area contributed by atoms with E-state index in [1.54, 1.807) is 16.7 Å². The summed E-state index contributed by atoms with van der Waals surface area (Å²) in [6.45, 7) is 4.65. The van der Waals surface area contributed by atoms with Gasteiger partial charge in [0.05, 0.1) is 0 Å². The number of nitrogens with zero attached hydrogens (tertiary/aromatic N) is 2. The van der Waals surface area contributed by atoms with Crippen molar-refractivity contribution in [3.8, 4) is 11.5 Å². The van der Waals surface area contributed by atoms with Crippen LogP contribution < -0.4 is 9.64 Å². The van der Waals surface area contributed by atoms with Crippen molar-refractivity contribution >= 4 is 17.5 Å². The van der Waals surface area contributed by atoms with E-state index < -0.39 is 6.04 Å². The average Bonchev–Trinajstić information content (AvgIpc) is 2.77. The molecule has 1 fully saturated rings. The van der Waals surface area contributed by atoms with Crippen molar-refractivity contribution in [1.29, 1.82) is 0 Å². The molecule has 3 aromatic rings. The molecule has 5 heteroatoms. The lowest BCUT2D eigenvalue weighted by Gasteiger charge is -2.39. The van der Waals surface area contributed by atoms with E-state index in [1.165, 1.54) is 0 Å². The molecule has 4 rings (SSSR count). The monoisotopic (exact) mass is 400 g/mol. The first-order chi connectivity index (χ1) is 14.5. The molecule has 1 aliphatic heterocycles. The molecule has 0 unspecified atom stereocenters. The highest BCUT2D eigenvalue weighted by Crippen LogP contribution is 2.27. The van der Waals surface area contributed by atoms with Crippen LogP contribution in [0.4, 0.5) is 5.69 Å². The van der Waals surface area contributed by atoms with E-state index in [9.17, 15) is 9.59 Å². The summed E-state index contributed by atoms with van der Waals surface area (Å²) in [5.74, 6) is 1.29. The Morgan fingerprint density at radius 2 is 1.50 bits per heavy atom. The summed E-state index contributed by atoms with van der Waals surface area (Å²) in [6.07, 6.45) is 0. The smallest absolute Gasteiger partial charge is 0.254 e. The first kappa shape index (κ1) is 19.7. The van der Waals surface area contributed by atoms with E-state index in [0.717, 1.165) is 17.0 Å². The number of benzene rings is 3. The molecule has 0 aliphatic carbocycles. The Hall–Kier alpha value is -3.60. The third-order valence-corrected chi connectivity index (χ3v) is 5.42. The zero-order valence-electron chi connectivity index (χ0n) is 17.1. The maximum atomic E-state index is 13.0. The molecular weight excluding hydrogens is 376 g/mol. The second kappa shape index (κ2) is 8.41. The minimum absolute atomic E-state index is 0.0834. The van der Waals surface area contributed by atoms with Crippen LogP contribution in [0.3, 0.4) is 0 Å². The minimum atomic E-state index is -0.522.